The van der Waals surface area contributed by atoms with Crippen LogP contribution in [0.2, 0.25) is 5.02 Å². The summed E-state index contributed by atoms with van der Waals surface area (Å²) in [7, 11) is 3.09. The van der Waals surface area contributed by atoms with Crippen LogP contribution >= 0.6 is 11.6 Å². The summed E-state index contributed by atoms with van der Waals surface area (Å²) in [5, 5.41) is 7.72. The first-order valence-electron chi connectivity index (χ1n) is 9.82. The van der Waals surface area contributed by atoms with Gasteiger partial charge < -0.3 is 14.8 Å². The molecule has 4 rings (SSSR count). The maximum absolute atomic E-state index is 12.5. The predicted octanol–water partition coefficient (Wildman–Crippen LogP) is 3.57. The van der Waals surface area contributed by atoms with Crippen LogP contribution in [0.1, 0.15) is 32.1 Å². The van der Waals surface area contributed by atoms with Crippen molar-refractivity contribution in [1.29, 1.82) is 0 Å². The first kappa shape index (κ1) is 20.9. The van der Waals surface area contributed by atoms with Crippen LogP contribution in [0.15, 0.2) is 42.5 Å². The van der Waals surface area contributed by atoms with Crippen LogP contribution in [-0.2, 0) is 18.2 Å². The molecule has 2 aromatic carbocycles. The molecule has 8 heteroatoms. The number of nitrogens with zero attached hydrogens (tertiary/aromatic N) is 2. The monoisotopic (exact) mass is 439 g/mol. The molecule has 160 valence electrons. The molecule has 1 amide bonds. The lowest BCUT2D eigenvalue weighted by molar-refractivity contribution is 0.0600. The number of carbonyl (C=O) groups is 2. The Labute approximate surface area is 184 Å². The van der Waals surface area contributed by atoms with Crippen molar-refractivity contribution in [3.63, 3.8) is 0 Å². The van der Waals surface area contributed by atoms with Gasteiger partial charge in [-0.05, 0) is 42.8 Å². The zero-order valence-corrected chi connectivity index (χ0v) is 18.2. The molecule has 0 bridgehead atoms. The fourth-order valence-corrected chi connectivity index (χ4v) is 3.99. The summed E-state index contributed by atoms with van der Waals surface area (Å²) in [6.07, 6.45) is 0.424. The number of fused-ring (bicyclic) bond motifs is 1. The summed E-state index contributed by atoms with van der Waals surface area (Å²) >= 11 is 6.35. The number of benzene rings is 2. The van der Waals surface area contributed by atoms with Crippen LogP contribution in [0.3, 0.4) is 0 Å². The Hall–Kier alpha value is -3.32. The third-order valence-electron chi connectivity index (χ3n) is 5.20. The highest BCUT2D eigenvalue weighted by atomic mass is 35.5. The minimum absolute atomic E-state index is 0.195. The van der Waals surface area contributed by atoms with Gasteiger partial charge in [-0.2, -0.15) is 5.10 Å². The molecule has 0 unspecified atom stereocenters. The molecule has 1 aliphatic heterocycles. The van der Waals surface area contributed by atoms with E-state index in [1.165, 1.54) is 7.11 Å². The van der Waals surface area contributed by atoms with Crippen LogP contribution in [0.4, 0.5) is 0 Å². The molecule has 0 saturated carbocycles. The van der Waals surface area contributed by atoms with Crippen molar-refractivity contribution in [2.75, 3.05) is 13.7 Å². The topological polar surface area (TPSA) is 82.4 Å². The van der Waals surface area contributed by atoms with Gasteiger partial charge in [-0.25, -0.2) is 4.79 Å². The molecule has 31 heavy (non-hydrogen) atoms. The minimum Gasteiger partial charge on any atom is -0.487 e. The maximum atomic E-state index is 12.5. The number of aromatic nitrogens is 2. The van der Waals surface area contributed by atoms with E-state index >= 15 is 0 Å². The van der Waals surface area contributed by atoms with E-state index in [1.807, 2.05) is 31.2 Å². The molecule has 0 fully saturated rings. The largest absolute Gasteiger partial charge is 0.487 e. The van der Waals surface area contributed by atoms with Gasteiger partial charge >= 0.3 is 5.97 Å². The number of hydrogen-bond acceptors (Lipinski definition) is 5. The van der Waals surface area contributed by atoms with E-state index in [0.29, 0.717) is 29.2 Å². The van der Waals surface area contributed by atoms with Gasteiger partial charge in [0, 0.05) is 29.6 Å². The van der Waals surface area contributed by atoms with Crippen molar-refractivity contribution in [2.24, 2.45) is 7.05 Å². The van der Waals surface area contributed by atoms with Gasteiger partial charge in [-0.3, -0.25) is 9.48 Å². The van der Waals surface area contributed by atoms with Crippen LogP contribution in [0.25, 0.3) is 11.1 Å². The highest BCUT2D eigenvalue weighted by Gasteiger charge is 2.27. The second kappa shape index (κ2) is 8.43. The van der Waals surface area contributed by atoms with Gasteiger partial charge in [-0.15, -0.1) is 0 Å². The summed E-state index contributed by atoms with van der Waals surface area (Å²) in [6, 6.07) is 12.6. The van der Waals surface area contributed by atoms with Crippen LogP contribution in [0.5, 0.6) is 5.75 Å². The molecule has 1 aliphatic rings. The lowest BCUT2D eigenvalue weighted by atomic mass is 9.99. The van der Waals surface area contributed by atoms with E-state index in [1.54, 1.807) is 29.9 Å². The Bertz CT molecular complexity index is 1150. The van der Waals surface area contributed by atoms with Gasteiger partial charge in [0.05, 0.1) is 24.9 Å². The van der Waals surface area contributed by atoms with Gasteiger partial charge in [0.2, 0.25) is 0 Å². The Morgan fingerprint density at radius 3 is 2.65 bits per heavy atom. The maximum Gasteiger partial charge on any atom is 0.337 e. The van der Waals surface area contributed by atoms with E-state index in [9.17, 15) is 9.59 Å². The quantitative estimate of drug-likeness (QED) is 0.614. The molecule has 2 heterocycles. The number of ether oxygens (including phenoxy) is 2. The summed E-state index contributed by atoms with van der Waals surface area (Å²) in [5.74, 6) is 0.156. The lowest BCUT2D eigenvalue weighted by Gasteiger charge is -2.14. The average Bonchev–Trinajstić information content (AvgIpc) is 3.32. The highest BCUT2D eigenvalue weighted by molar-refractivity contribution is 6.31. The zero-order chi connectivity index (χ0) is 22.1. The fourth-order valence-electron chi connectivity index (χ4n) is 3.75. The molecule has 1 atom stereocenters. The normalized spacial score (nSPS) is 14.6. The van der Waals surface area contributed by atoms with Gasteiger partial charge in [0.25, 0.3) is 5.91 Å². The van der Waals surface area contributed by atoms with Crippen molar-refractivity contribution in [3.05, 3.63) is 70.0 Å². The number of aryl methyl sites for hydroxylation is 2. The summed E-state index contributed by atoms with van der Waals surface area (Å²) in [4.78, 5) is 24.2. The van der Waals surface area contributed by atoms with Crippen molar-refractivity contribution >= 4 is 23.5 Å². The molecule has 0 radical (unpaired) electrons. The summed E-state index contributed by atoms with van der Waals surface area (Å²) in [6.45, 7) is 2.20. The van der Waals surface area contributed by atoms with Crippen molar-refractivity contribution in [3.8, 4) is 16.9 Å². The first-order valence-corrected chi connectivity index (χ1v) is 10.2. The number of nitrogens with one attached hydrogen (secondary N) is 1. The average molecular weight is 440 g/mol. The number of hydrogen-bond donors (Lipinski definition) is 1. The van der Waals surface area contributed by atoms with Crippen LogP contribution in [-0.4, -0.2) is 41.4 Å². The van der Waals surface area contributed by atoms with Crippen molar-refractivity contribution < 1.29 is 19.1 Å². The molecule has 7 nitrogen and oxygen atoms in total. The number of rotatable bonds is 5. The number of methoxy groups -OCH3 is 1. The van der Waals surface area contributed by atoms with E-state index in [2.05, 4.69) is 10.4 Å². The molecule has 0 spiro atoms. The molecule has 1 N–H and O–H groups in total. The minimum atomic E-state index is -0.390. The Balaban J connectivity index is 1.50. The zero-order valence-electron chi connectivity index (χ0n) is 17.4. The second-order valence-electron chi connectivity index (χ2n) is 7.46. The van der Waals surface area contributed by atoms with Crippen molar-refractivity contribution in [1.82, 2.24) is 15.1 Å². The molecular weight excluding hydrogens is 418 g/mol. The van der Waals surface area contributed by atoms with E-state index < -0.39 is 5.97 Å². The Morgan fingerprint density at radius 1 is 1.26 bits per heavy atom. The van der Waals surface area contributed by atoms with Gasteiger partial charge in [-0.1, -0.05) is 23.7 Å². The number of amides is 1. The van der Waals surface area contributed by atoms with Crippen LogP contribution in [0, 0.1) is 6.92 Å². The SMILES string of the molecule is COC(=O)c1ccc(-c2cc(Cl)cc3c2O[C@@H](CNC(=O)c2cc(C)nn2C)C3)cc1. The number of esters is 1. The standard InChI is InChI=1S/C23H22ClN3O4/c1-13-8-20(27(2)26-13)22(28)25-12-18-10-16-9-17(24)11-19(21(16)31-18)14-4-6-15(7-5-14)23(29)30-3/h4-9,11,18H,10,12H2,1-3H3,(H,25,28)/t18-/m1/s1. The third kappa shape index (κ3) is 4.27. The Kier molecular flexibility index (Phi) is 5.69. The van der Waals surface area contributed by atoms with E-state index in [0.717, 1.165) is 28.1 Å². The number of halogens is 1. The number of carbonyl (C=O) groups excluding carboxylic acids is 2. The summed E-state index contributed by atoms with van der Waals surface area (Å²) in [5.41, 5.74) is 4.46. The molecule has 3 aromatic rings. The Morgan fingerprint density at radius 2 is 2.00 bits per heavy atom. The highest BCUT2D eigenvalue weighted by Crippen LogP contribution is 2.41. The molecule has 0 aliphatic carbocycles. The van der Waals surface area contributed by atoms with Gasteiger partial charge in [0.1, 0.15) is 17.5 Å². The predicted molar refractivity (Wildman–Crippen MR) is 117 cm³/mol. The lowest BCUT2D eigenvalue weighted by Crippen LogP contribution is -2.35. The molecule has 0 saturated heterocycles. The fraction of sp³-hybridized carbons (Fsp3) is 0.261. The molecule has 1 aromatic heterocycles. The van der Waals surface area contributed by atoms with Gasteiger partial charge in [0.15, 0.2) is 0 Å². The second-order valence-corrected chi connectivity index (χ2v) is 7.90. The van der Waals surface area contributed by atoms with Crippen molar-refractivity contribution in [2.45, 2.75) is 19.4 Å². The van der Waals surface area contributed by atoms with E-state index in [4.69, 9.17) is 21.1 Å². The molecular formula is C23H22ClN3O4. The van der Waals surface area contributed by atoms with E-state index in [-0.39, 0.29) is 12.0 Å². The van der Waals surface area contributed by atoms with Crippen LogP contribution < -0.4 is 10.1 Å². The third-order valence-corrected chi connectivity index (χ3v) is 5.42. The first-order chi connectivity index (χ1) is 14.9. The smallest absolute Gasteiger partial charge is 0.337 e. The summed E-state index contributed by atoms with van der Waals surface area (Å²) < 4.78 is 12.5.